The minimum Gasteiger partial charge on any atom is -0.388 e. The molecular weight excluding hydrogens is 172 g/mol. The summed E-state index contributed by atoms with van der Waals surface area (Å²) in [6.45, 7) is 4.23. The standard InChI is InChI=1S/C13H16O/c1-3-10-8-9(2)13(14)12-7-5-4-6-11(10)12/h4-9,13-14H,3H2,1-2H3/t9-,13-/m0/s1. The zero-order chi connectivity index (χ0) is 10.1. The van der Waals surface area contributed by atoms with Crippen LogP contribution in [0.1, 0.15) is 37.5 Å². The molecule has 0 unspecified atom stereocenters. The summed E-state index contributed by atoms with van der Waals surface area (Å²) in [7, 11) is 0. The van der Waals surface area contributed by atoms with Gasteiger partial charge in [-0.2, -0.15) is 0 Å². The van der Waals surface area contributed by atoms with Crippen molar-refractivity contribution in [3.05, 3.63) is 41.5 Å². The van der Waals surface area contributed by atoms with Crippen LogP contribution in [0.3, 0.4) is 0 Å². The highest BCUT2D eigenvalue weighted by molar-refractivity contribution is 5.70. The average molecular weight is 188 g/mol. The van der Waals surface area contributed by atoms with Crippen molar-refractivity contribution in [1.29, 1.82) is 0 Å². The van der Waals surface area contributed by atoms with Gasteiger partial charge in [-0.15, -0.1) is 0 Å². The van der Waals surface area contributed by atoms with Crippen molar-refractivity contribution in [2.45, 2.75) is 26.4 Å². The number of benzene rings is 1. The molecule has 14 heavy (non-hydrogen) atoms. The van der Waals surface area contributed by atoms with E-state index in [1.807, 2.05) is 18.2 Å². The van der Waals surface area contributed by atoms with Crippen molar-refractivity contribution in [1.82, 2.24) is 0 Å². The van der Waals surface area contributed by atoms with Crippen LogP contribution < -0.4 is 0 Å². The second-order valence-electron chi connectivity index (χ2n) is 3.94. The lowest BCUT2D eigenvalue weighted by Crippen LogP contribution is -2.14. The molecule has 1 nitrogen and oxygen atoms in total. The fourth-order valence-electron chi connectivity index (χ4n) is 2.14. The zero-order valence-corrected chi connectivity index (χ0v) is 8.70. The fraction of sp³-hybridized carbons (Fsp3) is 0.385. The van der Waals surface area contributed by atoms with Crippen molar-refractivity contribution < 1.29 is 5.11 Å². The number of hydrogen-bond donors (Lipinski definition) is 1. The summed E-state index contributed by atoms with van der Waals surface area (Å²) in [5.41, 5.74) is 3.67. The lowest BCUT2D eigenvalue weighted by molar-refractivity contribution is 0.137. The van der Waals surface area contributed by atoms with Crippen LogP contribution in [0.15, 0.2) is 30.3 Å². The van der Waals surface area contributed by atoms with E-state index in [0.717, 1.165) is 12.0 Å². The molecule has 0 spiro atoms. The first-order valence-electron chi connectivity index (χ1n) is 5.22. The maximum absolute atomic E-state index is 10.00. The monoisotopic (exact) mass is 188 g/mol. The van der Waals surface area contributed by atoms with Gasteiger partial charge in [-0.1, -0.05) is 44.2 Å². The molecule has 0 aromatic heterocycles. The summed E-state index contributed by atoms with van der Waals surface area (Å²) in [6, 6.07) is 8.15. The first-order valence-corrected chi connectivity index (χ1v) is 5.22. The molecule has 0 amide bonds. The number of hydrogen-bond acceptors (Lipinski definition) is 1. The quantitative estimate of drug-likeness (QED) is 0.717. The highest BCUT2D eigenvalue weighted by atomic mass is 16.3. The molecule has 0 bridgehead atoms. The van der Waals surface area contributed by atoms with Crippen LogP contribution >= 0.6 is 0 Å². The van der Waals surface area contributed by atoms with E-state index in [9.17, 15) is 5.11 Å². The summed E-state index contributed by atoms with van der Waals surface area (Å²) < 4.78 is 0. The third kappa shape index (κ3) is 1.38. The second-order valence-corrected chi connectivity index (χ2v) is 3.94. The Bertz CT molecular complexity index is 365. The van der Waals surface area contributed by atoms with Crippen molar-refractivity contribution in [2.24, 2.45) is 5.92 Å². The Morgan fingerprint density at radius 2 is 2.00 bits per heavy atom. The number of rotatable bonds is 1. The van der Waals surface area contributed by atoms with Crippen LogP contribution in [0.2, 0.25) is 0 Å². The Labute approximate surface area is 85.1 Å². The number of aliphatic hydroxyl groups excluding tert-OH is 1. The van der Waals surface area contributed by atoms with E-state index in [1.165, 1.54) is 11.1 Å². The lowest BCUT2D eigenvalue weighted by Gasteiger charge is -2.26. The van der Waals surface area contributed by atoms with Gasteiger partial charge in [0.05, 0.1) is 6.10 Å². The number of fused-ring (bicyclic) bond motifs is 1. The summed E-state index contributed by atoms with van der Waals surface area (Å²) in [4.78, 5) is 0. The van der Waals surface area contributed by atoms with E-state index >= 15 is 0 Å². The summed E-state index contributed by atoms with van der Waals surface area (Å²) in [6.07, 6.45) is 2.89. The Balaban J connectivity index is 2.55. The third-order valence-corrected chi connectivity index (χ3v) is 2.97. The van der Waals surface area contributed by atoms with E-state index in [0.29, 0.717) is 0 Å². The molecule has 2 rings (SSSR count). The molecule has 1 aromatic carbocycles. The van der Waals surface area contributed by atoms with Gasteiger partial charge in [-0.05, 0) is 23.1 Å². The third-order valence-electron chi connectivity index (χ3n) is 2.97. The molecule has 0 saturated heterocycles. The first-order chi connectivity index (χ1) is 6.74. The van der Waals surface area contributed by atoms with Crippen LogP contribution in [0, 0.1) is 5.92 Å². The molecule has 1 heteroatoms. The van der Waals surface area contributed by atoms with Gasteiger partial charge < -0.3 is 5.11 Å². The summed E-state index contributed by atoms with van der Waals surface area (Å²) >= 11 is 0. The molecular formula is C13H16O. The number of aliphatic hydroxyl groups is 1. The Morgan fingerprint density at radius 3 is 2.71 bits per heavy atom. The minimum absolute atomic E-state index is 0.236. The van der Waals surface area contributed by atoms with Gasteiger partial charge in [0, 0.05) is 5.92 Å². The predicted molar refractivity (Wildman–Crippen MR) is 58.8 cm³/mol. The lowest BCUT2D eigenvalue weighted by atomic mass is 9.82. The van der Waals surface area contributed by atoms with Gasteiger partial charge in [-0.25, -0.2) is 0 Å². The summed E-state index contributed by atoms with van der Waals surface area (Å²) in [5.74, 6) is 0.236. The molecule has 0 radical (unpaired) electrons. The van der Waals surface area contributed by atoms with E-state index in [4.69, 9.17) is 0 Å². The molecule has 1 N–H and O–H groups in total. The van der Waals surface area contributed by atoms with Crippen molar-refractivity contribution in [3.63, 3.8) is 0 Å². The molecule has 0 heterocycles. The van der Waals surface area contributed by atoms with Crippen molar-refractivity contribution in [2.75, 3.05) is 0 Å². The van der Waals surface area contributed by atoms with Crippen LogP contribution in [-0.2, 0) is 0 Å². The van der Waals surface area contributed by atoms with Gasteiger partial charge in [0.2, 0.25) is 0 Å². The SMILES string of the molecule is CCC1=C[C@H](C)[C@H](O)c2ccccc21. The van der Waals surface area contributed by atoms with E-state index in [1.54, 1.807) is 0 Å². The smallest absolute Gasteiger partial charge is 0.0856 e. The van der Waals surface area contributed by atoms with Gasteiger partial charge in [0.1, 0.15) is 0 Å². The highest BCUT2D eigenvalue weighted by Crippen LogP contribution is 2.37. The molecule has 0 aliphatic heterocycles. The largest absolute Gasteiger partial charge is 0.388 e. The Morgan fingerprint density at radius 1 is 1.29 bits per heavy atom. The maximum Gasteiger partial charge on any atom is 0.0856 e. The van der Waals surface area contributed by atoms with Crippen LogP contribution in [0.5, 0.6) is 0 Å². The molecule has 1 aliphatic rings. The highest BCUT2D eigenvalue weighted by Gasteiger charge is 2.23. The fourth-order valence-corrected chi connectivity index (χ4v) is 2.14. The Hall–Kier alpha value is -1.08. The van der Waals surface area contributed by atoms with Crippen LogP contribution in [-0.4, -0.2) is 5.11 Å². The molecule has 1 aromatic rings. The van der Waals surface area contributed by atoms with Gasteiger partial charge in [0.25, 0.3) is 0 Å². The summed E-state index contributed by atoms with van der Waals surface area (Å²) in [5, 5.41) is 10.00. The molecule has 0 saturated carbocycles. The zero-order valence-electron chi connectivity index (χ0n) is 8.70. The van der Waals surface area contributed by atoms with E-state index in [2.05, 4.69) is 26.0 Å². The van der Waals surface area contributed by atoms with Crippen LogP contribution in [0.25, 0.3) is 5.57 Å². The molecule has 0 fully saturated rings. The maximum atomic E-state index is 10.00. The Kier molecular flexibility index (Phi) is 2.42. The van der Waals surface area contributed by atoms with Gasteiger partial charge in [0.15, 0.2) is 0 Å². The molecule has 2 atom stereocenters. The normalized spacial score (nSPS) is 25.5. The minimum atomic E-state index is -0.332. The van der Waals surface area contributed by atoms with E-state index < -0.39 is 0 Å². The van der Waals surface area contributed by atoms with Gasteiger partial charge >= 0.3 is 0 Å². The van der Waals surface area contributed by atoms with Crippen molar-refractivity contribution >= 4 is 5.57 Å². The first kappa shape index (κ1) is 9.47. The molecule has 1 aliphatic carbocycles. The van der Waals surface area contributed by atoms with Gasteiger partial charge in [-0.3, -0.25) is 0 Å². The van der Waals surface area contributed by atoms with Crippen molar-refractivity contribution in [3.8, 4) is 0 Å². The predicted octanol–water partition coefficient (Wildman–Crippen LogP) is 3.16. The molecule has 74 valence electrons. The van der Waals surface area contributed by atoms with Crippen LogP contribution in [0.4, 0.5) is 0 Å². The number of allylic oxidation sites excluding steroid dienone is 1. The van der Waals surface area contributed by atoms with E-state index in [-0.39, 0.29) is 12.0 Å². The second kappa shape index (κ2) is 3.58. The topological polar surface area (TPSA) is 20.2 Å². The average Bonchev–Trinajstić information content (AvgIpc) is 2.23.